The van der Waals surface area contributed by atoms with Crippen molar-refractivity contribution in [2.75, 3.05) is 5.32 Å². The summed E-state index contributed by atoms with van der Waals surface area (Å²) in [6.45, 7) is 0. The number of amides is 1. The van der Waals surface area contributed by atoms with Gasteiger partial charge in [0.15, 0.2) is 11.5 Å². The monoisotopic (exact) mass is 815 g/mol. The minimum absolute atomic E-state index is 0.00343. The van der Waals surface area contributed by atoms with Crippen LogP contribution in [0.4, 0.5) is 28.4 Å². The molecule has 3 N–H and O–H groups in total. The van der Waals surface area contributed by atoms with Gasteiger partial charge in [-0.2, -0.15) is 10.2 Å². The number of aromatic hydroxyl groups is 2. The second-order valence-electron chi connectivity index (χ2n) is 14.6. The lowest BCUT2D eigenvalue weighted by molar-refractivity contribution is 0.102. The largest absolute Gasteiger partial charge is 0.506 e. The van der Waals surface area contributed by atoms with E-state index in [0.29, 0.717) is 88.0 Å². The molecule has 2 aromatic heterocycles. The molecule has 0 saturated heterocycles. The van der Waals surface area contributed by atoms with Crippen molar-refractivity contribution in [1.29, 1.82) is 0 Å². The normalized spacial score (nSPS) is 12.5. The fourth-order valence-corrected chi connectivity index (χ4v) is 8.39. The number of anilines is 1. The molecule has 0 atom stereocenters. The van der Waals surface area contributed by atoms with Gasteiger partial charge in [-0.15, -0.1) is 10.2 Å². The number of fused-ring (bicyclic) bond motifs is 8. The molecule has 2 heterocycles. The number of carbonyl (C=O) groups excluding carboxylic acids is 2. The highest BCUT2D eigenvalue weighted by atomic mass is 35.5. The Morgan fingerprint density at radius 1 is 0.623 bits per heavy atom. The molecular weight excluding hydrogens is 790 g/mol. The molecule has 0 saturated carbocycles. The number of nitrogens with one attached hydrogen (secondary N) is 1. The molecule has 0 unspecified atom stereocenters. The van der Waals surface area contributed by atoms with Gasteiger partial charge in [0.1, 0.15) is 22.8 Å². The molecule has 12 nitrogen and oxygen atoms in total. The fourth-order valence-electron chi connectivity index (χ4n) is 8.20. The quantitative estimate of drug-likeness (QED) is 0.141. The van der Waals surface area contributed by atoms with Crippen LogP contribution in [-0.2, 0) is 0 Å². The minimum Gasteiger partial charge on any atom is -0.506 e. The number of azo groups is 2. The first-order valence-corrected chi connectivity index (χ1v) is 19.4. The highest BCUT2D eigenvalue weighted by Gasteiger charge is 2.28. The number of hydrogen-bond donors (Lipinski definition) is 3. The summed E-state index contributed by atoms with van der Waals surface area (Å²) in [5.41, 5.74) is 5.23. The number of benzene rings is 8. The van der Waals surface area contributed by atoms with Gasteiger partial charge in [0.2, 0.25) is 0 Å². The standard InChI is InChI=1S/C48H26ClN7O5/c49-25-8-5-9-26(20-25)50-47(60)37-19-24-7-1-2-10-29(24)43(45(37)59)55-53-28-16-18-31-30-17-15-27(21-34(30)44(58)35(31)22-28)52-54-42-32-11-6-12-33-41(32)36(23-40(42)57)48(61)56-39-14-4-3-13-38(39)51-46(33)56/h1-23,57,59H,(H,50,60). The van der Waals surface area contributed by atoms with Crippen LogP contribution in [0.25, 0.3) is 60.1 Å². The summed E-state index contributed by atoms with van der Waals surface area (Å²) in [5.74, 6) is -1.38. The van der Waals surface area contributed by atoms with E-state index in [1.165, 1.54) is 6.07 Å². The third kappa shape index (κ3) is 5.69. The summed E-state index contributed by atoms with van der Waals surface area (Å²) in [4.78, 5) is 45.8. The minimum atomic E-state index is -0.557. The summed E-state index contributed by atoms with van der Waals surface area (Å²) in [5, 5.41) is 46.9. The van der Waals surface area contributed by atoms with Crippen molar-refractivity contribution in [3.63, 3.8) is 0 Å². The van der Waals surface area contributed by atoms with Gasteiger partial charge in [0, 0.05) is 43.4 Å². The van der Waals surface area contributed by atoms with Crippen LogP contribution in [-0.4, -0.2) is 31.3 Å². The number of para-hydroxylation sites is 2. The fraction of sp³-hybridized carbons (Fsp3) is 0. The first kappa shape index (κ1) is 35.8. The molecule has 10 aromatic rings. The van der Waals surface area contributed by atoms with Gasteiger partial charge in [-0.05, 0) is 83.2 Å². The number of phenols is 2. The molecular formula is C48H26ClN7O5. The van der Waals surface area contributed by atoms with Crippen molar-refractivity contribution < 1.29 is 19.8 Å². The summed E-state index contributed by atoms with van der Waals surface area (Å²) in [6, 6.07) is 40.0. The van der Waals surface area contributed by atoms with Crippen LogP contribution in [0, 0.1) is 0 Å². The number of aromatic nitrogens is 2. The average Bonchev–Trinajstić information content (AvgIpc) is 3.79. The Balaban J connectivity index is 0.905. The van der Waals surface area contributed by atoms with E-state index < -0.39 is 5.91 Å². The number of rotatable bonds is 6. The zero-order valence-electron chi connectivity index (χ0n) is 31.5. The average molecular weight is 816 g/mol. The van der Waals surface area contributed by atoms with Crippen molar-refractivity contribution in [2.45, 2.75) is 0 Å². The molecule has 0 aliphatic heterocycles. The molecule has 8 aromatic carbocycles. The highest BCUT2D eigenvalue weighted by molar-refractivity contribution is 6.31. The number of nitrogens with zero attached hydrogens (tertiary/aromatic N) is 6. The molecule has 1 amide bonds. The third-order valence-electron chi connectivity index (χ3n) is 11.0. The van der Waals surface area contributed by atoms with Gasteiger partial charge in [-0.1, -0.05) is 84.4 Å². The van der Waals surface area contributed by atoms with Crippen LogP contribution in [0.15, 0.2) is 165 Å². The Hall–Kier alpha value is -8.35. The van der Waals surface area contributed by atoms with E-state index in [1.807, 2.05) is 42.5 Å². The number of pyridine rings is 1. The second kappa shape index (κ2) is 13.6. The third-order valence-corrected chi connectivity index (χ3v) is 11.2. The van der Waals surface area contributed by atoms with Crippen LogP contribution >= 0.6 is 11.6 Å². The Morgan fingerprint density at radius 3 is 2.07 bits per heavy atom. The predicted octanol–water partition coefficient (Wildman–Crippen LogP) is 12.1. The van der Waals surface area contributed by atoms with E-state index in [9.17, 15) is 24.6 Å². The first-order chi connectivity index (χ1) is 29.7. The van der Waals surface area contributed by atoms with Crippen LogP contribution in [0.1, 0.15) is 26.3 Å². The molecule has 0 bridgehead atoms. The summed E-state index contributed by atoms with van der Waals surface area (Å²) >= 11 is 6.10. The summed E-state index contributed by atoms with van der Waals surface area (Å²) in [6.07, 6.45) is 0. The van der Waals surface area contributed by atoms with Crippen molar-refractivity contribution >= 4 is 101 Å². The zero-order chi connectivity index (χ0) is 41.5. The number of imidazole rings is 1. The Bertz CT molecular complexity index is 3690. The summed E-state index contributed by atoms with van der Waals surface area (Å²) < 4.78 is 1.57. The van der Waals surface area contributed by atoms with Gasteiger partial charge in [-0.25, -0.2) is 4.98 Å². The molecule has 0 fully saturated rings. The molecule has 0 spiro atoms. The van der Waals surface area contributed by atoms with Gasteiger partial charge in [0.05, 0.1) is 33.4 Å². The van der Waals surface area contributed by atoms with Crippen LogP contribution in [0.3, 0.4) is 0 Å². The first-order valence-electron chi connectivity index (χ1n) is 19.0. The Kier molecular flexibility index (Phi) is 7.99. The molecule has 11 rings (SSSR count). The van der Waals surface area contributed by atoms with E-state index >= 15 is 0 Å². The van der Waals surface area contributed by atoms with Crippen LogP contribution < -0.4 is 10.9 Å². The van der Waals surface area contributed by atoms with Gasteiger partial charge < -0.3 is 15.5 Å². The number of carbonyl (C=O) groups is 2. The number of phenolic OH excluding ortho intramolecular Hbond substituents is 2. The maximum atomic E-state index is 13.9. The van der Waals surface area contributed by atoms with E-state index in [0.717, 1.165) is 5.39 Å². The van der Waals surface area contributed by atoms with E-state index in [-0.39, 0.29) is 39.8 Å². The van der Waals surface area contributed by atoms with Gasteiger partial charge in [-0.3, -0.25) is 18.8 Å². The maximum absolute atomic E-state index is 13.9. The zero-order valence-corrected chi connectivity index (χ0v) is 32.2. The highest BCUT2D eigenvalue weighted by Crippen LogP contribution is 2.44. The van der Waals surface area contributed by atoms with Crippen molar-refractivity contribution in [1.82, 2.24) is 9.38 Å². The smallest absolute Gasteiger partial charge is 0.264 e. The molecule has 1 aliphatic rings. The lowest BCUT2D eigenvalue weighted by Crippen LogP contribution is -2.13. The SMILES string of the molecule is O=C1c2cc(N=Nc3c(O)c(C(=O)Nc4cccc(Cl)c4)cc4ccccc34)ccc2-c2ccc(N=Nc3c(O)cc4c(=O)n5c6ccccc6nc5c5cccc3c45)cc21. The topological polar surface area (TPSA) is 170 Å². The lowest BCUT2D eigenvalue weighted by atomic mass is 10.0. The molecule has 13 heteroatoms. The Labute approximate surface area is 348 Å². The number of ketones is 1. The lowest BCUT2D eigenvalue weighted by Gasteiger charge is -2.11. The van der Waals surface area contributed by atoms with Crippen LogP contribution in [0.5, 0.6) is 11.5 Å². The van der Waals surface area contributed by atoms with E-state index in [1.54, 1.807) is 95.4 Å². The predicted molar refractivity (Wildman–Crippen MR) is 236 cm³/mol. The van der Waals surface area contributed by atoms with Gasteiger partial charge >= 0.3 is 0 Å². The molecule has 61 heavy (non-hydrogen) atoms. The van der Waals surface area contributed by atoms with Gasteiger partial charge in [0.25, 0.3) is 11.5 Å². The van der Waals surface area contributed by atoms with Crippen LogP contribution in [0.2, 0.25) is 5.02 Å². The van der Waals surface area contributed by atoms with E-state index in [4.69, 9.17) is 16.6 Å². The summed E-state index contributed by atoms with van der Waals surface area (Å²) in [7, 11) is 0. The van der Waals surface area contributed by atoms with E-state index in [2.05, 4.69) is 25.8 Å². The molecule has 0 radical (unpaired) electrons. The van der Waals surface area contributed by atoms with Crippen molar-refractivity contribution in [3.8, 4) is 22.6 Å². The number of hydrogen-bond acceptors (Lipinski definition) is 10. The second-order valence-corrected chi connectivity index (χ2v) is 15.0. The molecule has 290 valence electrons. The number of halogens is 1. The maximum Gasteiger partial charge on any atom is 0.264 e. The Morgan fingerprint density at radius 2 is 1.30 bits per heavy atom. The van der Waals surface area contributed by atoms with Crippen molar-refractivity contribution in [2.24, 2.45) is 20.5 Å². The van der Waals surface area contributed by atoms with Crippen molar-refractivity contribution in [3.05, 3.63) is 172 Å². The molecule has 1 aliphatic carbocycles.